The molecule has 1 N–H and O–H groups in total. The smallest absolute Gasteiger partial charge is 0.158 e. The minimum Gasteiger partial charge on any atom is -0.388 e. The largest absolute Gasteiger partial charge is 0.388 e. The minimum atomic E-state index is -0.670. The van der Waals surface area contributed by atoms with Crippen LogP contribution in [0.2, 0.25) is 5.15 Å². The number of aromatic nitrogens is 2. The molecule has 1 saturated heterocycles. The van der Waals surface area contributed by atoms with Gasteiger partial charge in [-0.05, 0) is 19.8 Å². The molecular formula is C12H18ClN3O2. The van der Waals surface area contributed by atoms with Crippen molar-refractivity contribution in [3.05, 3.63) is 17.0 Å². The standard InChI is InChI=1S/C12H18ClN3O2/c1-12(17)4-3-5-16(8-12)11-6-9(13)14-10(15-11)7-18-2/h6,17H,3-5,7-8H2,1-2H3. The molecule has 6 heteroatoms. The van der Waals surface area contributed by atoms with Gasteiger partial charge in [0.25, 0.3) is 0 Å². The lowest BCUT2D eigenvalue weighted by atomic mass is 9.95. The fourth-order valence-electron chi connectivity index (χ4n) is 2.22. The molecule has 0 aliphatic carbocycles. The highest BCUT2D eigenvalue weighted by atomic mass is 35.5. The minimum absolute atomic E-state index is 0.331. The van der Waals surface area contributed by atoms with Gasteiger partial charge < -0.3 is 14.7 Å². The maximum absolute atomic E-state index is 10.1. The third-order valence-electron chi connectivity index (χ3n) is 3.00. The van der Waals surface area contributed by atoms with Crippen LogP contribution in [-0.2, 0) is 11.3 Å². The predicted molar refractivity (Wildman–Crippen MR) is 69.8 cm³/mol. The normalized spacial score (nSPS) is 24.3. The van der Waals surface area contributed by atoms with Crippen molar-refractivity contribution in [3.8, 4) is 0 Å². The van der Waals surface area contributed by atoms with Crippen LogP contribution in [0.3, 0.4) is 0 Å². The molecule has 100 valence electrons. The van der Waals surface area contributed by atoms with Gasteiger partial charge in [0.1, 0.15) is 17.6 Å². The second-order valence-electron chi connectivity index (χ2n) is 4.92. The van der Waals surface area contributed by atoms with Gasteiger partial charge in [-0.25, -0.2) is 9.97 Å². The van der Waals surface area contributed by atoms with E-state index >= 15 is 0 Å². The first-order valence-electron chi connectivity index (χ1n) is 6.00. The molecule has 1 unspecified atom stereocenters. The summed E-state index contributed by atoms with van der Waals surface area (Å²) in [6.07, 6.45) is 1.75. The lowest BCUT2D eigenvalue weighted by molar-refractivity contribution is 0.0446. The monoisotopic (exact) mass is 271 g/mol. The molecule has 0 radical (unpaired) electrons. The molecule has 0 aromatic carbocycles. The lowest BCUT2D eigenvalue weighted by Crippen LogP contribution is -2.46. The summed E-state index contributed by atoms with van der Waals surface area (Å²) in [7, 11) is 1.59. The van der Waals surface area contributed by atoms with E-state index in [9.17, 15) is 5.11 Å². The van der Waals surface area contributed by atoms with Crippen LogP contribution in [-0.4, -0.2) is 40.9 Å². The average Bonchev–Trinajstić information content (AvgIpc) is 2.27. The number of nitrogens with zero attached hydrogens (tertiary/aromatic N) is 3. The Kier molecular flexibility index (Phi) is 4.04. The Balaban J connectivity index is 2.21. The van der Waals surface area contributed by atoms with E-state index in [-0.39, 0.29) is 0 Å². The highest BCUT2D eigenvalue weighted by molar-refractivity contribution is 6.29. The van der Waals surface area contributed by atoms with Gasteiger partial charge >= 0.3 is 0 Å². The Hall–Kier alpha value is -0.910. The molecule has 1 aromatic rings. The van der Waals surface area contributed by atoms with Gasteiger partial charge in [-0.3, -0.25) is 0 Å². The Morgan fingerprint density at radius 2 is 2.33 bits per heavy atom. The number of β-amino-alcohol motifs (C(OH)–C–C–N with tert-alkyl or cyclic N) is 1. The molecule has 0 spiro atoms. The van der Waals surface area contributed by atoms with Crippen molar-refractivity contribution in [1.82, 2.24) is 9.97 Å². The van der Waals surface area contributed by atoms with Crippen molar-refractivity contribution in [2.45, 2.75) is 32.0 Å². The average molecular weight is 272 g/mol. The molecule has 1 aliphatic rings. The maximum atomic E-state index is 10.1. The van der Waals surface area contributed by atoms with Crippen LogP contribution in [0.5, 0.6) is 0 Å². The van der Waals surface area contributed by atoms with E-state index in [1.165, 1.54) is 0 Å². The third-order valence-corrected chi connectivity index (χ3v) is 3.19. The second kappa shape index (κ2) is 5.38. The first-order chi connectivity index (χ1) is 8.50. The summed E-state index contributed by atoms with van der Waals surface area (Å²) in [5.74, 6) is 1.31. The van der Waals surface area contributed by atoms with E-state index in [1.54, 1.807) is 13.2 Å². The lowest BCUT2D eigenvalue weighted by Gasteiger charge is -2.37. The molecule has 2 rings (SSSR count). The molecule has 1 fully saturated rings. The Morgan fingerprint density at radius 1 is 1.56 bits per heavy atom. The van der Waals surface area contributed by atoms with E-state index < -0.39 is 5.60 Å². The van der Waals surface area contributed by atoms with E-state index in [0.717, 1.165) is 25.2 Å². The third kappa shape index (κ3) is 3.31. The second-order valence-corrected chi connectivity index (χ2v) is 5.31. The van der Waals surface area contributed by atoms with Crippen molar-refractivity contribution in [1.29, 1.82) is 0 Å². The molecule has 0 bridgehead atoms. The van der Waals surface area contributed by atoms with Gasteiger partial charge in [-0.15, -0.1) is 0 Å². The number of hydrogen-bond donors (Lipinski definition) is 1. The predicted octanol–water partition coefficient (Wildman–Crippen LogP) is 1.63. The zero-order chi connectivity index (χ0) is 13.2. The fraction of sp³-hybridized carbons (Fsp3) is 0.667. The molecule has 5 nitrogen and oxygen atoms in total. The molecule has 0 saturated carbocycles. The Bertz CT molecular complexity index is 426. The molecule has 18 heavy (non-hydrogen) atoms. The van der Waals surface area contributed by atoms with Crippen LogP contribution in [0, 0.1) is 0 Å². The maximum Gasteiger partial charge on any atom is 0.158 e. The van der Waals surface area contributed by atoms with Crippen LogP contribution in [0.25, 0.3) is 0 Å². The Labute approximate surface area is 112 Å². The molecule has 1 aliphatic heterocycles. The fourth-order valence-corrected chi connectivity index (χ4v) is 2.42. The number of methoxy groups -OCH3 is 1. The number of rotatable bonds is 3. The number of ether oxygens (including phenoxy) is 1. The van der Waals surface area contributed by atoms with Crippen LogP contribution in [0.15, 0.2) is 6.07 Å². The Morgan fingerprint density at radius 3 is 3.00 bits per heavy atom. The quantitative estimate of drug-likeness (QED) is 0.847. The van der Waals surface area contributed by atoms with E-state index in [4.69, 9.17) is 16.3 Å². The van der Waals surface area contributed by atoms with Gasteiger partial charge in [0, 0.05) is 26.3 Å². The topological polar surface area (TPSA) is 58.5 Å². The highest BCUT2D eigenvalue weighted by Crippen LogP contribution is 2.25. The highest BCUT2D eigenvalue weighted by Gasteiger charge is 2.29. The van der Waals surface area contributed by atoms with Crippen LogP contribution in [0.4, 0.5) is 5.82 Å². The molecule has 0 amide bonds. The van der Waals surface area contributed by atoms with E-state index in [0.29, 0.717) is 24.1 Å². The van der Waals surface area contributed by atoms with Crippen molar-refractivity contribution in [2.75, 3.05) is 25.1 Å². The summed E-state index contributed by atoms with van der Waals surface area (Å²) in [6, 6.07) is 1.72. The van der Waals surface area contributed by atoms with Gasteiger partial charge in [-0.1, -0.05) is 11.6 Å². The SMILES string of the molecule is COCc1nc(Cl)cc(N2CCCC(C)(O)C2)n1. The summed E-state index contributed by atoms with van der Waals surface area (Å²) < 4.78 is 5.01. The van der Waals surface area contributed by atoms with Gasteiger partial charge in [-0.2, -0.15) is 0 Å². The summed E-state index contributed by atoms with van der Waals surface area (Å²) in [5, 5.41) is 10.5. The molecule has 1 aromatic heterocycles. The van der Waals surface area contributed by atoms with Crippen molar-refractivity contribution >= 4 is 17.4 Å². The zero-order valence-corrected chi connectivity index (χ0v) is 11.4. The van der Waals surface area contributed by atoms with Gasteiger partial charge in [0.05, 0.1) is 5.60 Å². The first-order valence-corrected chi connectivity index (χ1v) is 6.38. The van der Waals surface area contributed by atoms with Gasteiger partial charge in [0.15, 0.2) is 5.82 Å². The summed E-state index contributed by atoms with van der Waals surface area (Å²) >= 11 is 5.98. The summed E-state index contributed by atoms with van der Waals surface area (Å²) in [5.41, 5.74) is -0.670. The van der Waals surface area contributed by atoms with E-state index in [2.05, 4.69) is 9.97 Å². The number of halogens is 1. The van der Waals surface area contributed by atoms with Crippen molar-refractivity contribution < 1.29 is 9.84 Å². The number of piperidine rings is 1. The number of aliphatic hydroxyl groups is 1. The van der Waals surface area contributed by atoms with Crippen molar-refractivity contribution in [2.24, 2.45) is 0 Å². The van der Waals surface area contributed by atoms with Crippen LogP contribution in [0.1, 0.15) is 25.6 Å². The first kappa shape index (κ1) is 13.5. The molecular weight excluding hydrogens is 254 g/mol. The van der Waals surface area contributed by atoms with Gasteiger partial charge in [0.2, 0.25) is 0 Å². The molecule has 2 heterocycles. The molecule has 1 atom stereocenters. The van der Waals surface area contributed by atoms with Crippen LogP contribution >= 0.6 is 11.6 Å². The number of hydrogen-bond acceptors (Lipinski definition) is 5. The van der Waals surface area contributed by atoms with Crippen molar-refractivity contribution in [3.63, 3.8) is 0 Å². The van der Waals surface area contributed by atoms with E-state index in [1.807, 2.05) is 11.8 Å². The summed E-state index contributed by atoms with van der Waals surface area (Å²) in [4.78, 5) is 10.5. The summed E-state index contributed by atoms with van der Waals surface area (Å²) in [6.45, 7) is 3.61. The number of anilines is 1. The zero-order valence-electron chi connectivity index (χ0n) is 10.7. The van der Waals surface area contributed by atoms with Crippen LogP contribution < -0.4 is 4.90 Å².